The summed E-state index contributed by atoms with van der Waals surface area (Å²) in [6, 6.07) is 16.9. The van der Waals surface area contributed by atoms with Crippen LogP contribution in [-0.2, 0) is 21.4 Å². The maximum absolute atomic E-state index is 12.5. The molecule has 2 aromatic rings. The Hall–Kier alpha value is -2.62. The number of hydrogen-bond acceptors (Lipinski definition) is 2. The number of nitrogens with one attached hydrogen (secondary N) is 1. The average Bonchev–Trinajstić information content (AvgIpc) is 2.55. The van der Waals surface area contributed by atoms with Crippen LogP contribution in [0.5, 0.6) is 0 Å². The second-order valence-corrected chi connectivity index (χ2v) is 6.04. The van der Waals surface area contributed by atoms with Crippen LogP contribution < -0.4 is 5.32 Å². The van der Waals surface area contributed by atoms with E-state index in [0.29, 0.717) is 12.1 Å². The van der Waals surface area contributed by atoms with E-state index in [1.165, 1.54) is 0 Å². The first-order valence-corrected chi connectivity index (χ1v) is 7.57. The van der Waals surface area contributed by atoms with Crippen molar-refractivity contribution in [1.82, 2.24) is 0 Å². The molecule has 0 aliphatic carbocycles. The lowest BCUT2D eigenvalue weighted by atomic mass is 9.83. The summed E-state index contributed by atoms with van der Waals surface area (Å²) in [4.78, 5) is 23.1. The van der Waals surface area contributed by atoms with Crippen molar-refractivity contribution < 1.29 is 14.7 Å². The summed E-state index contributed by atoms with van der Waals surface area (Å²) in [5.74, 6) is -0.894. The maximum atomic E-state index is 12.5. The summed E-state index contributed by atoms with van der Waals surface area (Å²) in [5.41, 5.74) is 1.96. The molecule has 23 heavy (non-hydrogen) atoms. The van der Waals surface area contributed by atoms with Gasteiger partial charge in [-0.3, -0.25) is 9.59 Å². The van der Waals surface area contributed by atoms with Gasteiger partial charge in [0.2, 0.25) is 5.91 Å². The molecule has 0 aliphatic heterocycles. The van der Waals surface area contributed by atoms with Gasteiger partial charge in [-0.05, 0) is 43.5 Å². The fourth-order valence-electron chi connectivity index (χ4n) is 2.28. The molecule has 120 valence electrons. The van der Waals surface area contributed by atoms with Gasteiger partial charge in [-0.2, -0.15) is 0 Å². The molecule has 1 amide bonds. The molecule has 0 unspecified atom stereocenters. The third-order valence-corrected chi connectivity index (χ3v) is 3.90. The standard InChI is InChI=1S/C19H21NO3/c1-19(2,15-6-4-3-5-7-15)18(23)20-16-11-8-14(9-12-16)10-13-17(21)22/h3-9,11-12H,10,13H2,1-2H3,(H,20,23)(H,21,22). The molecule has 0 aromatic heterocycles. The van der Waals surface area contributed by atoms with Gasteiger partial charge in [0.05, 0.1) is 5.41 Å². The number of amides is 1. The van der Waals surface area contributed by atoms with Crippen LogP contribution in [0.15, 0.2) is 54.6 Å². The highest BCUT2D eigenvalue weighted by Gasteiger charge is 2.29. The molecule has 0 heterocycles. The number of anilines is 1. The van der Waals surface area contributed by atoms with Crippen molar-refractivity contribution in [3.8, 4) is 0 Å². The second kappa shape index (κ2) is 7.09. The van der Waals surface area contributed by atoms with Crippen molar-refractivity contribution in [2.45, 2.75) is 32.1 Å². The smallest absolute Gasteiger partial charge is 0.303 e. The van der Waals surface area contributed by atoms with Crippen molar-refractivity contribution in [2.24, 2.45) is 0 Å². The van der Waals surface area contributed by atoms with Crippen molar-refractivity contribution in [3.05, 3.63) is 65.7 Å². The van der Waals surface area contributed by atoms with Crippen LogP contribution in [0.2, 0.25) is 0 Å². The monoisotopic (exact) mass is 311 g/mol. The fraction of sp³-hybridized carbons (Fsp3) is 0.263. The molecule has 0 aliphatic rings. The van der Waals surface area contributed by atoms with Gasteiger partial charge in [0.1, 0.15) is 0 Å². The molecule has 0 spiro atoms. The van der Waals surface area contributed by atoms with Gasteiger partial charge in [-0.1, -0.05) is 42.5 Å². The lowest BCUT2D eigenvalue weighted by molar-refractivity contribution is -0.137. The Morgan fingerprint density at radius 3 is 2.17 bits per heavy atom. The Bertz CT molecular complexity index is 676. The predicted molar refractivity (Wildman–Crippen MR) is 90.5 cm³/mol. The molecular formula is C19H21NO3. The lowest BCUT2D eigenvalue weighted by Crippen LogP contribution is -2.34. The number of carbonyl (C=O) groups excluding carboxylic acids is 1. The number of carboxylic acid groups (broad SMARTS) is 1. The van der Waals surface area contributed by atoms with E-state index in [1.807, 2.05) is 56.3 Å². The van der Waals surface area contributed by atoms with Crippen LogP contribution in [0.1, 0.15) is 31.4 Å². The minimum absolute atomic E-state index is 0.0815. The van der Waals surface area contributed by atoms with Crippen molar-refractivity contribution in [3.63, 3.8) is 0 Å². The van der Waals surface area contributed by atoms with E-state index in [2.05, 4.69) is 5.32 Å². The van der Waals surface area contributed by atoms with Gasteiger partial charge in [-0.25, -0.2) is 0 Å². The summed E-state index contributed by atoms with van der Waals surface area (Å²) >= 11 is 0. The van der Waals surface area contributed by atoms with E-state index in [9.17, 15) is 9.59 Å². The minimum atomic E-state index is -0.813. The molecule has 0 radical (unpaired) electrons. The molecule has 4 heteroatoms. The zero-order valence-corrected chi connectivity index (χ0v) is 13.4. The van der Waals surface area contributed by atoms with Crippen molar-refractivity contribution in [2.75, 3.05) is 5.32 Å². The van der Waals surface area contributed by atoms with Crippen molar-refractivity contribution >= 4 is 17.6 Å². The number of rotatable bonds is 6. The van der Waals surface area contributed by atoms with Crippen molar-refractivity contribution in [1.29, 1.82) is 0 Å². The highest BCUT2D eigenvalue weighted by atomic mass is 16.4. The zero-order chi connectivity index (χ0) is 16.9. The quantitative estimate of drug-likeness (QED) is 0.856. The van der Waals surface area contributed by atoms with Gasteiger partial charge >= 0.3 is 5.97 Å². The topological polar surface area (TPSA) is 66.4 Å². The molecule has 0 fully saturated rings. The van der Waals surface area contributed by atoms with E-state index < -0.39 is 11.4 Å². The maximum Gasteiger partial charge on any atom is 0.303 e. The van der Waals surface area contributed by atoms with E-state index in [1.54, 1.807) is 12.1 Å². The Labute approximate surface area is 136 Å². The van der Waals surface area contributed by atoms with E-state index in [4.69, 9.17) is 5.11 Å². The first kappa shape index (κ1) is 16.7. The average molecular weight is 311 g/mol. The molecule has 0 bridgehead atoms. The van der Waals surface area contributed by atoms with Crippen LogP contribution in [0.4, 0.5) is 5.69 Å². The third-order valence-electron chi connectivity index (χ3n) is 3.90. The Morgan fingerprint density at radius 2 is 1.61 bits per heavy atom. The van der Waals surface area contributed by atoms with E-state index >= 15 is 0 Å². The zero-order valence-electron chi connectivity index (χ0n) is 13.4. The number of aryl methyl sites for hydroxylation is 1. The molecule has 0 saturated carbocycles. The van der Waals surface area contributed by atoms with Crippen LogP contribution >= 0.6 is 0 Å². The fourth-order valence-corrected chi connectivity index (χ4v) is 2.28. The summed E-state index contributed by atoms with van der Waals surface area (Å²) in [6.07, 6.45) is 0.589. The van der Waals surface area contributed by atoms with Gasteiger partial charge in [0.15, 0.2) is 0 Å². The van der Waals surface area contributed by atoms with Gasteiger partial charge in [-0.15, -0.1) is 0 Å². The molecule has 2 rings (SSSR count). The Morgan fingerprint density at radius 1 is 1.00 bits per heavy atom. The number of hydrogen-bond donors (Lipinski definition) is 2. The molecule has 2 aromatic carbocycles. The third kappa shape index (κ3) is 4.42. The first-order valence-electron chi connectivity index (χ1n) is 7.57. The molecule has 0 atom stereocenters. The highest BCUT2D eigenvalue weighted by molar-refractivity contribution is 5.98. The van der Waals surface area contributed by atoms with Gasteiger partial charge in [0.25, 0.3) is 0 Å². The Kier molecular flexibility index (Phi) is 5.16. The SMILES string of the molecule is CC(C)(C(=O)Nc1ccc(CCC(=O)O)cc1)c1ccccc1. The van der Waals surface area contributed by atoms with Gasteiger partial charge in [0, 0.05) is 12.1 Å². The summed E-state index contributed by atoms with van der Waals surface area (Å²) in [6.45, 7) is 3.78. The van der Waals surface area contributed by atoms with E-state index in [-0.39, 0.29) is 12.3 Å². The first-order chi connectivity index (χ1) is 10.9. The predicted octanol–water partition coefficient (Wildman–Crippen LogP) is 3.62. The minimum Gasteiger partial charge on any atom is -0.481 e. The molecule has 0 saturated heterocycles. The molecule has 4 nitrogen and oxygen atoms in total. The summed E-state index contributed by atoms with van der Waals surface area (Å²) in [7, 11) is 0. The highest BCUT2D eigenvalue weighted by Crippen LogP contribution is 2.25. The lowest BCUT2D eigenvalue weighted by Gasteiger charge is -2.24. The molecular weight excluding hydrogens is 290 g/mol. The number of aliphatic carboxylic acids is 1. The van der Waals surface area contributed by atoms with E-state index in [0.717, 1.165) is 11.1 Å². The van der Waals surface area contributed by atoms with Crippen LogP contribution in [0.3, 0.4) is 0 Å². The largest absolute Gasteiger partial charge is 0.481 e. The van der Waals surface area contributed by atoms with Crippen LogP contribution in [-0.4, -0.2) is 17.0 Å². The summed E-state index contributed by atoms with van der Waals surface area (Å²) in [5, 5.41) is 11.6. The molecule has 2 N–H and O–H groups in total. The number of carbonyl (C=O) groups is 2. The Balaban J connectivity index is 2.04. The normalized spacial score (nSPS) is 11.0. The van der Waals surface area contributed by atoms with Crippen LogP contribution in [0, 0.1) is 0 Å². The number of carboxylic acids is 1. The van der Waals surface area contributed by atoms with Crippen LogP contribution in [0.25, 0.3) is 0 Å². The number of benzene rings is 2. The second-order valence-electron chi connectivity index (χ2n) is 6.04. The summed E-state index contributed by atoms with van der Waals surface area (Å²) < 4.78 is 0. The van der Waals surface area contributed by atoms with Gasteiger partial charge < -0.3 is 10.4 Å².